The van der Waals surface area contributed by atoms with E-state index in [2.05, 4.69) is 10.0 Å². The summed E-state index contributed by atoms with van der Waals surface area (Å²) in [4.78, 5) is 3.16. The Hall–Kier alpha value is -1.07. The molecule has 1 rings (SSSR count). The third kappa shape index (κ3) is 2.71. The van der Waals surface area contributed by atoms with Crippen LogP contribution in [0.25, 0.3) is 10.4 Å². The van der Waals surface area contributed by atoms with Crippen LogP contribution in [0.5, 0.6) is 0 Å². The maximum Gasteiger partial charge on any atom is 0.114 e. The Bertz CT molecular complexity index is 295. The fourth-order valence-electron chi connectivity index (χ4n) is 0.869. The first kappa shape index (κ1) is 10.0. The first-order chi connectivity index (χ1) is 6.25. The number of hydrogen-bond acceptors (Lipinski definition) is 4. The van der Waals surface area contributed by atoms with Crippen molar-refractivity contribution in [2.45, 2.75) is 12.2 Å². The standard InChI is InChI=1S/C7H9N3O2S/c8-10-9-4-5(11)7(12)6-2-1-3-13-6/h1-3,5,7,11-12H,4H2. The summed E-state index contributed by atoms with van der Waals surface area (Å²) >= 11 is 1.35. The van der Waals surface area contributed by atoms with Gasteiger partial charge in [0.15, 0.2) is 0 Å². The van der Waals surface area contributed by atoms with Crippen molar-refractivity contribution >= 4 is 11.3 Å². The average molecular weight is 199 g/mol. The van der Waals surface area contributed by atoms with Crippen LogP contribution in [-0.4, -0.2) is 22.9 Å². The lowest BCUT2D eigenvalue weighted by atomic mass is 10.2. The van der Waals surface area contributed by atoms with Gasteiger partial charge >= 0.3 is 0 Å². The highest BCUT2D eigenvalue weighted by Gasteiger charge is 2.17. The number of aliphatic hydroxyl groups is 2. The van der Waals surface area contributed by atoms with Gasteiger partial charge in [-0.2, -0.15) is 0 Å². The molecule has 0 radical (unpaired) electrons. The van der Waals surface area contributed by atoms with Crippen LogP contribution < -0.4 is 0 Å². The molecular formula is C7H9N3O2S. The third-order valence-electron chi connectivity index (χ3n) is 1.53. The van der Waals surface area contributed by atoms with Gasteiger partial charge in [-0.05, 0) is 17.0 Å². The largest absolute Gasteiger partial charge is 0.390 e. The third-order valence-corrected chi connectivity index (χ3v) is 2.47. The fourth-order valence-corrected chi connectivity index (χ4v) is 1.64. The van der Waals surface area contributed by atoms with Crippen molar-refractivity contribution in [2.24, 2.45) is 5.11 Å². The van der Waals surface area contributed by atoms with Crippen molar-refractivity contribution in [3.63, 3.8) is 0 Å². The highest BCUT2D eigenvalue weighted by atomic mass is 32.1. The number of nitrogens with zero attached hydrogens (tertiary/aromatic N) is 3. The van der Waals surface area contributed by atoms with E-state index in [4.69, 9.17) is 5.53 Å². The van der Waals surface area contributed by atoms with Crippen LogP contribution in [0.15, 0.2) is 22.6 Å². The summed E-state index contributed by atoms with van der Waals surface area (Å²) in [6, 6.07) is 3.50. The number of aliphatic hydroxyl groups excluding tert-OH is 2. The maximum atomic E-state index is 9.48. The van der Waals surface area contributed by atoms with E-state index in [1.807, 2.05) is 0 Å². The van der Waals surface area contributed by atoms with Gasteiger partial charge in [0, 0.05) is 9.79 Å². The zero-order valence-electron chi connectivity index (χ0n) is 6.74. The summed E-state index contributed by atoms with van der Waals surface area (Å²) in [6.07, 6.45) is -2.00. The van der Waals surface area contributed by atoms with Crippen LogP contribution in [0.3, 0.4) is 0 Å². The van der Waals surface area contributed by atoms with Crippen molar-refractivity contribution in [1.29, 1.82) is 0 Å². The summed E-state index contributed by atoms with van der Waals surface area (Å²) in [5.74, 6) is 0. The molecule has 13 heavy (non-hydrogen) atoms. The smallest absolute Gasteiger partial charge is 0.114 e. The molecule has 0 aromatic carbocycles. The quantitative estimate of drug-likeness (QED) is 0.436. The molecule has 5 nitrogen and oxygen atoms in total. The minimum atomic E-state index is -1.03. The van der Waals surface area contributed by atoms with E-state index in [0.29, 0.717) is 4.88 Å². The van der Waals surface area contributed by atoms with Crippen molar-refractivity contribution in [3.8, 4) is 0 Å². The Balaban J connectivity index is 2.57. The topological polar surface area (TPSA) is 89.2 Å². The molecule has 0 fully saturated rings. The molecule has 0 amide bonds. The molecule has 0 spiro atoms. The second-order valence-corrected chi connectivity index (χ2v) is 3.42. The highest BCUT2D eigenvalue weighted by Crippen LogP contribution is 2.21. The van der Waals surface area contributed by atoms with E-state index in [9.17, 15) is 10.2 Å². The van der Waals surface area contributed by atoms with Gasteiger partial charge in [0.05, 0.1) is 12.6 Å². The highest BCUT2D eigenvalue weighted by molar-refractivity contribution is 7.10. The Kier molecular flexibility index (Phi) is 3.72. The van der Waals surface area contributed by atoms with E-state index < -0.39 is 12.2 Å². The molecular weight excluding hydrogens is 190 g/mol. The number of azide groups is 1. The summed E-state index contributed by atoms with van der Waals surface area (Å²) in [5, 5.41) is 23.8. The van der Waals surface area contributed by atoms with E-state index in [1.54, 1.807) is 17.5 Å². The Morgan fingerprint density at radius 3 is 2.92 bits per heavy atom. The van der Waals surface area contributed by atoms with Gasteiger partial charge in [-0.3, -0.25) is 0 Å². The van der Waals surface area contributed by atoms with E-state index >= 15 is 0 Å². The summed E-state index contributed by atoms with van der Waals surface area (Å²) in [5.41, 5.74) is 8.00. The Morgan fingerprint density at radius 2 is 2.38 bits per heavy atom. The van der Waals surface area contributed by atoms with Crippen LogP contribution in [-0.2, 0) is 0 Å². The van der Waals surface area contributed by atoms with Gasteiger partial charge in [-0.15, -0.1) is 11.3 Å². The normalized spacial score (nSPS) is 14.6. The summed E-state index contributed by atoms with van der Waals surface area (Å²) in [7, 11) is 0. The van der Waals surface area contributed by atoms with Gasteiger partial charge in [-0.1, -0.05) is 11.2 Å². The molecule has 1 heterocycles. The van der Waals surface area contributed by atoms with E-state index in [-0.39, 0.29) is 6.54 Å². The second-order valence-electron chi connectivity index (χ2n) is 2.44. The Labute approximate surface area is 78.9 Å². The maximum absolute atomic E-state index is 9.48. The van der Waals surface area contributed by atoms with Crippen LogP contribution in [0.4, 0.5) is 0 Å². The van der Waals surface area contributed by atoms with Crippen molar-refractivity contribution < 1.29 is 10.2 Å². The summed E-state index contributed by atoms with van der Waals surface area (Å²) in [6.45, 7) is -0.116. The van der Waals surface area contributed by atoms with Crippen molar-refractivity contribution in [2.75, 3.05) is 6.54 Å². The molecule has 1 aromatic heterocycles. The van der Waals surface area contributed by atoms with Gasteiger partial charge in [-0.25, -0.2) is 0 Å². The SMILES string of the molecule is [N-]=[N+]=NCC(O)C(O)c1cccs1. The number of thiophene rings is 1. The molecule has 1 aromatic rings. The molecule has 0 saturated carbocycles. The van der Waals surface area contributed by atoms with Gasteiger partial charge in [0.25, 0.3) is 0 Å². The molecule has 2 unspecified atom stereocenters. The molecule has 0 aliphatic rings. The molecule has 6 heteroatoms. The lowest BCUT2D eigenvalue weighted by molar-refractivity contribution is 0.0266. The van der Waals surface area contributed by atoms with Crippen LogP contribution in [0, 0.1) is 0 Å². The van der Waals surface area contributed by atoms with Crippen LogP contribution >= 0.6 is 11.3 Å². The molecule has 2 atom stereocenters. The zero-order chi connectivity index (χ0) is 9.68. The lowest BCUT2D eigenvalue weighted by Gasteiger charge is -2.13. The molecule has 0 bridgehead atoms. The van der Waals surface area contributed by atoms with Crippen molar-refractivity contribution in [3.05, 3.63) is 32.8 Å². The predicted molar refractivity (Wildman–Crippen MR) is 49.3 cm³/mol. The van der Waals surface area contributed by atoms with Gasteiger partial charge < -0.3 is 10.2 Å². The predicted octanol–water partition coefficient (Wildman–Crippen LogP) is 1.45. The van der Waals surface area contributed by atoms with E-state index in [1.165, 1.54) is 11.3 Å². The minimum absolute atomic E-state index is 0.116. The van der Waals surface area contributed by atoms with Crippen LogP contribution in [0.1, 0.15) is 11.0 Å². The number of rotatable bonds is 4. The average Bonchev–Trinajstić information content (AvgIpc) is 2.65. The van der Waals surface area contributed by atoms with Gasteiger partial charge in [0.2, 0.25) is 0 Å². The lowest BCUT2D eigenvalue weighted by Crippen LogP contribution is -2.20. The molecule has 0 aliphatic carbocycles. The molecule has 0 saturated heterocycles. The molecule has 70 valence electrons. The monoisotopic (exact) mass is 199 g/mol. The second kappa shape index (κ2) is 4.84. The molecule has 2 N–H and O–H groups in total. The van der Waals surface area contributed by atoms with Gasteiger partial charge in [0.1, 0.15) is 6.10 Å². The first-order valence-corrected chi connectivity index (χ1v) is 4.54. The molecule has 0 aliphatic heterocycles. The minimum Gasteiger partial charge on any atom is -0.390 e. The Morgan fingerprint density at radius 1 is 1.62 bits per heavy atom. The van der Waals surface area contributed by atoms with E-state index in [0.717, 1.165) is 0 Å². The summed E-state index contributed by atoms with van der Waals surface area (Å²) < 4.78 is 0. The number of hydrogen-bond donors (Lipinski definition) is 2. The fraction of sp³-hybridized carbons (Fsp3) is 0.429. The zero-order valence-corrected chi connectivity index (χ0v) is 7.55. The first-order valence-electron chi connectivity index (χ1n) is 3.66. The van der Waals surface area contributed by atoms with Crippen molar-refractivity contribution in [1.82, 2.24) is 0 Å². The van der Waals surface area contributed by atoms with Crippen LogP contribution in [0.2, 0.25) is 0 Å².